The molecule has 1 saturated heterocycles. The Labute approximate surface area is 237 Å². The van der Waals surface area contributed by atoms with Crippen LogP contribution < -0.4 is 5.32 Å². The summed E-state index contributed by atoms with van der Waals surface area (Å²) in [5, 5.41) is 16.5. The summed E-state index contributed by atoms with van der Waals surface area (Å²) in [5.41, 5.74) is 1.36. The molecule has 1 saturated carbocycles. The first-order valence-electron chi connectivity index (χ1n) is 14.9. The molecule has 216 valence electrons. The summed E-state index contributed by atoms with van der Waals surface area (Å²) in [6.45, 7) is 13.4. The van der Waals surface area contributed by atoms with E-state index in [4.69, 9.17) is 4.99 Å². The topological polar surface area (TPSA) is 119 Å². The summed E-state index contributed by atoms with van der Waals surface area (Å²) in [6.07, 6.45) is 6.90. The highest BCUT2D eigenvalue weighted by Gasteiger charge is 2.53. The Kier molecular flexibility index (Phi) is 7.97. The second-order valence-electron chi connectivity index (χ2n) is 13.2. The van der Waals surface area contributed by atoms with Crippen molar-refractivity contribution in [2.45, 2.75) is 97.8 Å². The summed E-state index contributed by atoms with van der Waals surface area (Å²) in [5.74, 6) is 2.09. The van der Waals surface area contributed by atoms with Gasteiger partial charge < -0.3 is 15.1 Å². The number of aromatic nitrogens is 4. The molecule has 0 unspecified atom stereocenters. The van der Waals surface area contributed by atoms with Crippen LogP contribution in [0.15, 0.2) is 29.3 Å². The van der Waals surface area contributed by atoms with Crippen LogP contribution >= 0.6 is 0 Å². The molecule has 2 aromatic rings. The minimum absolute atomic E-state index is 0.0737. The lowest BCUT2D eigenvalue weighted by Crippen LogP contribution is -2.53. The molecule has 1 spiro atoms. The number of aromatic amines is 1. The first-order chi connectivity index (χ1) is 19.1. The first kappa shape index (κ1) is 28.2. The van der Waals surface area contributed by atoms with Gasteiger partial charge in [-0.05, 0) is 79.9 Å². The monoisotopic (exact) mass is 548 g/mol. The van der Waals surface area contributed by atoms with Crippen LogP contribution in [-0.4, -0.2) is 66.8 Å². The maximum atomic E-state index is 14.2. The van der Waals surface area contributed by atoms with Gasteiger partial charge in [-0.25, -0.2) is 4.99 Å². The van der Waals surface area contributed by atoms with Gasteiger partial charge in [0.05, 0.1) is 12.6 Å². The number of likely N-dealkylation sites (tertiary alicyclic amines) is 1. The Morgan fingerprint density at radius 1 is 1.12 bits per heavy atom. The third-order valence-electron chi connectivity index (χ3n) is 9.02. The molecule has 3 aliphatic rings. The molecule has 10 nitrogen and oxygen atoms in total. The maximum absolute atomic E-state index is 14.2. The number of aliphatic imine (C=N–C) groups is 1. The highest BCUT2D eigenvalue weighted by molar-refractivity contribution is 6.39. The van der Waals surface area contributed by atoms with Crippen LogP contribution in [-0.2, 0) is 11.3 Å². The predicted octanol–water partition coefficient (Wildman–Crippen LogP) is 4.49. The molecule has 2 amide bonds. The van der Waals surface area contributed by atoms with E-state index in [9.17, 15) is 9.59 Å². The minimum atomic E-state index is -0.494. The van der Waals surface area contributed by atoms with Gasteiger partial charge in [-0.2, -0.15) is 5.21 Å². The molecule has 40 heavy (non-hydrogen) atoms. The largest absolute Gasteiger partial charge is 0.352 e. The predicted molar refractivity (Wildman–Crippen MR) is 153 cm³/mol. The van der Waals surface area contributed by atoms with Crippen molar-refractivity contribution in [2.24, 2.45) is 22.2 Å². The number of H-pyrrole nitrogens is 1. The lowest BCUT2D eigenvalue weighted by molar-refractivity contribution is -0.134. The summed E-state index contributed by atoms with van der Waals surface area (Å²) in [4.78, 5) is 36.6. The van der Waals surface area contributed by atoms with Gasteiger partial charge in [-0.3, -0.25) is 9.59 Å². The number of hydrogen-bond donors (Lipinski definition) is 2. The maximum Gasteiger partial charge on any atom is 0.291 e. The van der Waals surface area contributed by atoms with E-state index in [2.05, 4.69) is 70.4 Å². The molecule has 2 fully saturated rings. The second kappa shape index (κ2) is 11.3. The lowest BCUT2D eigenvalue weighted by Gasteiger charge is -2.47. The Balaban J connectivity index is 1.42. The normalized spacial score (nSPS) is 23.9. The van der Waals surface area contributed by atoms with Crippen molar-refractivity contribution in [2.75, 3.05) is 13.1 Å². The fourth-order valence-corrected chi connectivity index (χ4v) is 6.37. The lowest BCUT2D eigenvalue weighted by atomic mass is 9.69. The smallest absolute Gasteiger partial charge is 0.291 e. The molecule has 2 N–H and O–H groups in total. The van der Waals surface area contributed by atoms with Crippen LogP contribution in [0.3, 0.4) is 0 Å². The van der Waals surface area contributed by atoms with Crippen LogP contribution in [0.1, 0.15) is 107 Å². The quantitative estimate of drug-likeness (QED) is 0.502. The number of amides is 2. The average molecular weight is 549 g/mol. The molecule has 1 atom stereocenters. The van der Waals surface area contributed by atoms with E-state index < -0.39 is 5.66 Å². The SMILES string of the molecule is CC(C)CC[C@H](c1ccc(C(=O)NCc2nn[nH]n2)cc1)N1C(=O)C(N2CCC2)=NC12CCC(C(C)(C)C)CC2. The van der Waals surface area contributed by atoms with Crippen LogP contribution in [0.2, 0.25) is 0 Å². The zero-order valence-corrected chi connectivity index (χ0v) is 24.6. The molecule has 2 aliphatic heterocycles. The van der Waals surface area contributed by atoms with Crippen molar-refractivity contribution < 1.29 is 9.59 Å². The van der Waals surface area contributed by atoms with Gasteiger partial charge in [0.1, 0.15) is 5.66 Å². The van der Waals surface area contributed by atoms with Crippen molar-refractivity contribution in [3.8, 4) is 0 Å². The summed E-state index contributed by atoms with van der Waals surface area (Å²) >= 11 is 0. The van der Waals surface area contributed by atoms with E-state index >= 15 is 0 Å². The number of tetrazole rings is 1. The Morgan fingerprint density at radius 2 is 1.82 bits per heavy atom. The Hall–Kier alpha value is -3.30. The standard InChI is InChI=1S/C30H44N8O2/c1-20(2)7-12-24(21-8-10-22(11-9-21)27(39)31-19-25-33-35-36-34-25)38-28(40)26(37-17-6-18-37)32-30(38)15-13-23(14-16-30)29(3,4)5/h8-11,20,23-24H,6-7,12-19H2,1-5H3,(H,31,39)(H,33,34,35,36)/t23?,24-,30?/m1/s1. The fourth-order valence-electron chi connectivity index (χ4n) is 6.37. The van der Waals surface area contributed by atoms with Crippen molar-refractivity contribution in [3.05, 3.63) is 41.2 Å². The number of nitrogens with one attached hydrogen (secondary N) is 2. The van der Waals surface area contributed by atoms with Gasteiger partial charge in [-0.15, -0.1) is 10.2 Å². The van der Waals surface area contributed by atoms with Crippen molar-refractivity contribution >= 4 is 17.6 Å². The molecule has 10 heteroatoms. The summed E-state index contributed by atoms with van der Waals surface area (Å²) in [6, 6.07) is 7.63. The number of carbonyl (C=O) groups excluding carboxylic acids is 2. The molecular weight excluding hydrogens is 504 g/mol. The van der Waals surface area contributed by atoms with Gasteiger partial charge in [0.2, 0.25) is 0 Å². The number of hydrogen-bond acceptors (Lipinski definition) is 7. The summed E-state index contributed by atoms with van der Waals surface area (Å²) < 4.78 is 0. The Morgan fingerprint density at radius 3 is 2.38 bits per heavy atom. The number of benzene rings is 1. The number of amidine groups is 1. The number of rotatable bonds is 8. The van der Waals surface area contributed by atoms with Gasteiger partial charge in [0.15, 0.2) is 11.7 Å². The molecule has 3 heterocycles. The summed E-state index contributed by atoms with van der Waals surface area (Å²) in [7, 11) is 0. The molecule has 1 aromatic heterocycles. The average Bonchev–Trinajstić information content (AvgIpc) is 3.49. The molecule has 0 bridgehead atoms. The van der Waals surface area contributed by atoms with Gasteiger partial charge in [-0.1, -0.05) is 52.0 Å². The molecule has 1 aliphatic carbocycles. The van der Waals surface area contributed by atoms with Crippen LogP contribution in [0, 0.1) is 17.3 Å². The van der Waals surface area contributed by atoms with E-state index in [1.54, 1.807) is 0 Å². The van der Waals surface area contributed by atoms with Crippen molar-refractivity contribution in [1.82, 2.24) is 35.7 Å². The van der Waals surface area contributed by atoms with Crippen LogP contribution in [0.5, 0.6) is 0 Å². The highest BCUT2D eigenvalue weighted by atomic mass is 16.2. The van der Waals surface area contributed by atoms with Gasteiger partial charge in [0, 0.05) is 18.7 Å². The highest BCUT2D eigenvalue weighted by Crippen LogP contribution is 2.50. The first-order valence-corrected chi connectivity index (χ1v) is 14.9. The number of nitrogens with zero attached hydrogens (tertiary/aromatic N) is 6. The van der Waals surface area contributed by atoms with Crippen LogP contribution in [0.4, 0.5) is 0 Å². The molecular formula is C30H44N8O2. The molecule has 5 rings (SSSR count). The van der Waals surface area contributed by atoms with Crippen LogP contribution in [0.25, 0.3) is 0 Å². The zero-order valence-electron chi connectivity index (χ0n) is 24.6. The molecule has 0 radical (unpaired) electrons. The Bertz CT molecular complexity index is 1200. The minimum Gasteiger partial charge on any atom is -0.352 e. The van der Waals surface area contributed by atoms with Crippen molar-refractivity contribution in [3.63, 3.8) is 0 Å². The third-order valence-corrected chi connectivity index (χ3v) is 9.02. The fraction of sp³-hybridized carbons (Fsp3) is 0.667. The van der Waals surface area contributed by atoms with E-state index in [0.717, 1.165) is 63.6 Å². The van der Waals surface area contributed by atoms with Crippen molar-refractivity contribution in [1.29, 1.82) is 0 Å². The van der Waals surface area contributed by atoms with Gasteiger partial charge in [0.25, 0.3) is 11.8 Å². The second-order valence-corrected chi connectivity index (χ2v) is 13.2. The molecule has 1 aromatic carbocycles. The number of carbonyl (C=O) groups is 2. The van der Waals surface area contributed by atoms with Gasteiger partial charge >= 0.3 is 0 Å². The van der Waals surface area contributed by atoms with E-state index in [-0.39, 0.29) is 29.8 Å². The zero-order chi connectivity index (χ0) is 28.5. The van der Waals surface area contributed by atoms with E-state index in [1.165, 1.54) is 0 Å². The third kappa shape index (κ3) is 5.76. The van der Waals surface area contributed by atoms with E-state index in [0.29, 0.717) is 29.1 Å². The van der Waals surface area contributed by atoms with E-state index in [1.807, 2.05) is 24.3 Å².